The Hall–Kier alpha value is -1.54. The van der Waals surface area contributed by atoms with Gasteiger partial charge in [-0.15, -0.1) is 0 Å². The van der Waals surface area contributed by atoms with Gasteiger partial charge in [0.15, 0.2) is 0 Å². The first-order chi connectivity index (χ1) is 9.67. The quantitative estimate of drug-likeness (QED) is 0.842. The summed E-state index contributed by atoms with van der Waals surface area (Å²) in [7, 11) is 1.73. The molecule has 0 amide bonds. The van der Waals surface area contributed by atoms with Gasteiger partial charge < -0.3 is 10.1 Å². The molecule has 0 fully saturated rings. The lowest BCUT2D eigenvalue weighted by molar-refractivity contribution is 0.390. The second-order valence-electron chi connectivity index (χ2n) is 5.53. The first-order valence-corrected chi connectivity index (χ1v) is 7.45. The van der Waals surface area contributed by atoms with Gasteiger partial charge in [-0.3, -0.25) is 0 Å². The second-order valence-corrected chi connectivity index (χ2v) is 5.53. The van der Waals surface area contributed by atoms with E-state index in [1.54, 1.807) is 7.11 Å². The molecule has 2 heteroatoms. The number of hydrogen-bond donors (Lipinski definition) is 1. The van der Waals surface area contributed by atoms with E-state index in [4.69, 9.17) is 4.74 Å². The van der Waals surface area contributed by atoms with Crippen LogP contribution in [-0.2, 0) is 6.54 Å². The van der Waals surface area contributed by atoms with Crippen molar-refractivity contribution >= 4 is 10.8 Å². The smallest absolute Gasteiger partial charge is 0.126 e. The zero-order chi connectivity index (χ0) is 14.5. The Morgan fingerprint density at radius 1 is 1.05 bits per heavy atom. The minimum Gasteiger partial charge on any atom is -0.496 e. The van der Waals surface area contributed by atoms with Crippen LogP contribution >= 0.6 is 0 Å². The molecule has 0 aliphatic rings. The zero-order valence-corrected chi connectivity index (χ0v) is 12.9. The maximum Gasteiger partial charge on any atom is 0.126 e. The Labute approximate surface area is 122 Å². The van der Waals surface area contributed by atoms with Gasteiger partial charge in [0.05, 0.1) is 7.11 Å². The summed E-state index contributed by atoms with van der Waals surface area (Å²) in [5, 5.41) is 6.10. The summed E-state index contributed by atoms with van der Waals surface area (Å²) < 4.78 is 5.44. The number of hydrogen-bond acceptors (Lipinski definition) is 2. The Morgan fingerprint density at radius 3 is 2.40 bits per heavy atom. The van der Waals surface area contributed by atoms with E-state index >= 15 is 0 Å². The number of rotatable bonds is 6. The van der Waals surface area contributed by atoms with E-state index in [2.05, 4.69) is 62.5 Å². The van der Waals surface area contributed by atoms with Crippen LogP contribution in [-0.4, -0.2) is 13.2 Å². The summed E-state index contributed by atoms with van der Waals surface area (Å²) in [5.41, 5.74) is 1.33. The molecule has 2 aromatic carbocycles. The summed E-state index contributed by atoms with van der Waals surface area (Å²) in [6.45, 7) is 7.70. The molecule has 0 saturated heterocycles. The van der Waals surface area contributed by atoms with Gasteiger partial charge >= 0.3 is 0 Å². The second kappa shape index (κ2) is 6.76. The fourth-order valence-corrected chi connectivity index (χ4v) is 2.49. The monoisotopic (exact) mass is 271 g/mol. The fraction of sp³-hybridized carbons (Fsp3) is 0.444. The van der Waals surface area contributed by atoms with E-state index < -0.39 is 0 Å². The highest BCUT2D eigenvalue weighted by atomic mass is 16.5. The molecule has 0 aliphatic heterocycles. The van der Waals surface area contributed by atoms with Crippen molar-refractivity contribution in [3.8, 4) is 5.75 Å². The average Bonchev–Trinajstić information content (AvgIpc) is 2.51. The number of benzene rings is 2. The van der Waals surface area contributed by atoms with E-state index in [0.29, 0.717) is 12.0 Å². The highest BCUT2D eigenvalue weighted by Crippen LogP contribution is 2.28. The van der Waals surface area contributed by atoms with Gasteiger partial charge in [0.25, 0.3) is 0 Å². The summed E-state index contributed by atoms with van der Waals surface area (Å²) in [6, 6.07) is 13.2. The number of ether oxygens (including phenoxy) is 1. The van der Waals surface area contributed by atoms with Crippen molar-refractivity contribution in [2.24, 2.45) is 5.92 Å². The molecule has 2 aromatic rings. The van der Waals surface area contributed by atoms with Gasteiger partial charge in [0.2, 0.25) is 0 Å². The molecule has 2 rings (SSSR count). The van der Waals surface area contributed by atoms with Crippen molar-refractivity contribution < 1.29 is 4.74 Å². The minimum atomic E-state index is 0.529. The minimum absolute atomic E-state index is 0.529. The summed E-state index contributed by atoms with van der Waals surface area (Å²) in [4.78, 5) is 0. The van der Waals surface area contributed by atoms with Crippen LogP contribution in [0, 0.1) is 5.92 Å². The van der Waals surface area contributed by atoms with Gasteiger partial charge in [-0.2, -0.15) is 0 Å². The predicted octanol–water partition coefficient (Wildman–Crippen LogP) is 4.37. The average molecular weight is 271 g/mol. The lowest BCUT2D eigenvalue weighted by Gasteiger charge is -2.20. The van der Waals surface area contributed by atoms with Crippen LogP contribution < -0.4 is 10.1 Å². The highest BCUT2D eigenvalue weighted by molar-refractivity contribution is 5.91. The largest absolute Gasteiger partial charge is 0.496 e. The third-order valence-corrected chi connectivity index (χ3v) is 4.31. The van der Waals surface area contributed by atoms with E-state index in [9.17, 15) is 0 Å². The van der Waals surface area contributed by atoms with Crippen LogP contribution in [0.25, 0.3) is 10.8 Å². The fourth-order valence-electron chi connectivity index (χ4n) is 2.49. The van der Waals surface area contributed by atoms with Gasteiger partial charge in [0, 0.05) is 18.0 Å². The molecule has 0 spiro atoms. The maximum atomic E-state index is 5.44. The van der Waals surface area contributed by atoms with E-state index in [-0.39, 0.29) is 0 Å². The molecule has 0 aliphatic carbocycles. The van der Waals surface area contributed by atoms with Crippen molar-refractivity contribution in [2.75, 3.05) is 7.11 Å². The van der Waals surface area contributed by atoms with Crippen molar-refractivity contribution in [1.82, 2.24) is 5.32 Å². The third-order valence-electron chi connectivity index (χ3n) is 4.31. The summed E-state index contributed by atoms with van der Waals surface area (Å²) in [5.74, 6) is 1.64. The molecule has 0 bridgehead atoms. The molecule has 108 valence electrons. The first kappa shape index (κ1) is 14.9. The Kier molecular flexibility index (Phi) is 5.02. The number of fused-ring (bicyclic) bond motifs is 1. The lowest BCUT2D eigenvalue weighted by atomic mass is 9.99. The topological polar surface area (TPSA) is 21.3 Å². The zero-order valence-electron chi connectivity index (χ0n) is 12.9. The van der Waals surface area contributed by atoms with Gasteiger partial charge in [-0.1, -0.05) is 50.6 Å². The molecule has 2 atom stereocenters. The molecule has 2 nitrogen and oxygen atoms in total. The third kappa shape index (κ3) is 3.13. The predicted molar refractivity (Wildman–Crippen MR) is 86.3 cm³/mol. The van der Waals surface area contributed by atoms with Crippen LogP contribution in [0.5, 0.6) is 5.75 Å². The van der Waals surface area contributed by atoms with E-state index in [1.807, 2.05) is 0 Å². The van der Waals surface area contributed by atoms with Gasteiger partial charge in [0.1, 0.15) is 5.75 Å². The van der Waals surface area contributed by atoms with Crippen molar-refractivity contribution in [3.63, 3.8) is 0 Å². The van der Waals surface area contributed by atoms with Crippen molar-refractivity contribution in [1.29, 1.82) is 0 Å². The van der Waals surface area contributed by atoms with Crippen molar-refractivity contribution in [3.05, 3.63) is 42.0 Å². The Bertz CT molecular complexity index is 564. The van der Waals surface area contributed by atoms with Crippen LogP contribution in [0.1, 0.15) is 32.8 Å². The standard InChI is InChI=1S/C18H25NO/c1-5-13(2)14(3)19-12-15-10-11-18(20-4)17-9-7-6-8-16(15)17/h6-11,13-14,19H,5,12H2,1-4H3. The van der Waals surface area contributed by atoms with Crippen LogP contribution in [0.15, 0.2) is 36.4 Å². The van der Waals surface area contributed by atoms with Crippen LogP contribution in [0.2, 0.25) is 0 Å². The Morgan fingerprint density at radius 2 is 1.75 bits per heavy atom. The molecular weight excluding hydrogens is 246 g/mol. The molecule has 20 heavy (non-hydrogen) atoms. The lowest BCUT2D eigenvalue weighted by Crippen LogP contribution is -2.31. The highest BCUT2D eigenvalue weighted by Gasteiger charge is 2.11. The molecule has 2 unspecified atom stereocenters. The Balaban J connectivity index is 2.23. The van der Waals surface area contributed by atoms with Crippen LogP contribution in [0.4, 0.5) is 0 Å². The summed E-state index contributed by atoms with van der Waals surface area (Å²) >= 11 is 0. The normalized spacial score (nSPS) is 14.2. The molecule has 0 radical (unpaired) electrons. The SMILES string of the molecule is CCC(C)C(C)NCc1ccc(OC)c2ccccc12. The molecule has 0 aromatic heterocycles. The number of nitrogens with one attached hydrogen (secondary N) is 1. The molecule has 1 N–H and O–H groups in total. The summed E-state index contributed by atoms with van der Waals surface area (Å²) in [6.07, 6.45) is 1.21. The molecular formula is C18H25NO. The first-order valence-electron chi connectivity index (χ1n) is 7.45. The molecule has 0 heterocycles. The van der Waals surface area contributed by atoms with E-state index in [1.165, 1.54) is 22.8 Å². The van der Waals surface area contributed by atoms with Gasteiger partial charge in [-0.05, 0) is 29.9 Å². The van der Waals surface area contributed by atoms with Gasteiger partial charge in [-0.25, -0.2) is 0 Å². The molecule has 0 saturated carbocycles. The van der Waals surface area contributed by atoms with Crippen molar-refractivity contribution in [2.45, 2.75) is 39.8 Å². The van der Waals surface area contributed by atoms with Crippen LogP contribution in [0.3, 0.4) is 0 Å². The van der Waals surface area contributed by atoms with E-state index in [0.717, 1.165) is 12.3 Å². The maximum absolute atomic E-state index is 5.44. The number of methoxy groups -OCH3 is 1.